The maximum Gasteiger partial charge on any atom is 0.416 e. The van der Waals surface area contributed by atoms with Gasteiger partial charge >= 0.3 is 24.7 Å². The fourth-order valence-electron chi connectivity index (χ4n) is 5.72. The first-order chi connectivity index (χ1) is 30.9. The summed E-state index contributed by atoms with van der Waals surface area (Å²) in [7, 11) is 0. The van der Waals surface area contributed by atoms with E-state index in [2.05, 4.69) is 32.0 Å². The third kappa shape index (κ3) is 21.6. The van der Waals surface area contributed by atoms with E-state index < -0.39 is 64.6 Å². The summed E-state index contributed by atoms with van der Waals surface area (Å²) in [6, 6.07) is 17.6. The van der Waals surface area contributed by atoms with Crippen molar-refractivity contribution < 1.29 is 61.5 Å². The van der Waals surface area contributed by atoms with Crippen molar-refractivity contribution in [3.63, 3.8) is 0 Å². The molecule has 5 aromatic carbocycles. The Kier molecular flexibility index (Phi) is 24.8. The van der Waals surface area contributed by atoms with Gasteiger partial charge in [-0.25, -0.2) is 8.78 Å². The maximum atomic E-state index is 13.1. The second-order valence-corrected chi connectivity index (χ2v) is 15.4. The monoisotopic (exact) mass is 1010 g/mol. The van der Waals surface area contributed by atoms with E-state index in [1.165, 1.54) is 23.6 Å². The molecule has 5 nitrogen and oxygen atoms in total. The highest BCUT2D eigenvalue weighted by Crippen LogP contribution is 2.38. The van der Waals surface area contributed by atoms with Crippen LogP contribution in [0.25, 0.3) is 0 Å². The summed E-state index contributed by atoms with van der Waals surface area (Å²) < 4.78 is 173. The number of benzene rings is 5. The Hall–Kier alpha value is -4.50. The molecule has 0 heterocycles. The average Bonchev–Trinajstić information content (AvgIpc) is 3.20. The number of hydrogen-bond acceptors (Lipinski definition) is 5. The molecule has 0 saturated carbocycles. The van der Waals surface area contributed by atoms with Crippen LogP contribution in [0, 0.1) is 25.5 Å². The molecule has 1 unspecified atom stereocenters. The van der Waals surface area contributed by atoms with Gasteiger partial charge < -0.3 is 28.7 Å². The van der Waals surface area contributed by atoms with Gasteiger partial charge in [0.15, 0.2) is 0 Å². The Morgan fingerprint density at radius 2 is 0.896 bits per heavy atom. The quantitative estimate of drug-likeness (QED) is 0.0939. The van der Waals surface area contributed by atoms with Crippen molar-refractivity contribution in [1.82, 2.24) is 0 Å². The average molecular weight is 1010 g/mol. The van der Waals surface area contributed by atoms with Gasteiger partial charge in [0.2, 0.25) is 0 Å². The van der Waals surface area contributed by atoms with E-state index in [1.54, 1.807) is 6.07 Å². The lowest BCUT2D eigenvalue weighted by Crippen LogP contribution is -2.15. The van der Waals surface area contributed by atoms with Crippen LogP contribution in [0.1, 0.15) is 74.2 Å². The van der Waals surface area contributed by atoms with Gasteiger partial charge in [0.1, 0.15) is 11.6 Å². The Morgan fingerprint density at radius 3 is 1.36 bits per heavy atom. The van der Waals surface area contributed by atoms with Crippen LogP contribution in [-0.2, 0) is 50.4 Å². The van der Waals surface area contributed by atoms with E-state index >= 15 is 0 Å². The van der Waals surface area contributed by atoms with Crippen molar-refractivity contribution in [3.8, 4) is 0 Å². The van der Waals surface area contributed by atoms with E-state index in [4.69, 9.17) is 51.9 Å². The van der Waals surface area contributed by atoms with Crippen LogP contribution in [0.3, 0.4) is 0 Å². The molecule has 0 aromatic heterocycles. The van der Waals surface area contributed by atoms with E-state index in [9.17, 15) is 61.5 Å². The molecule has 0 radical (unpaired) electrons. The SMILES string of the molecule is CC(N)c1ccc(C(F)(F)F)cc1F.Cc1ccc(CCN)c(C)c1.NCCc1cc(C(F)(F)F)ccc1F.NCCc1ccc(C(F)(F)F)cc1C(F)(F)F.NCCc1ccc(Cl)cc1Cl. The summed E-state index contributed by atoms with van der Waals surface area (Å²) in [5.41, 5.74) is 27.0. The van der Waals surface area contributed by atoms with Crippen LogP contribution >= 0.6 is 23.2 Å². The summed E-state index contributed by atoms with van der Waals surface area (Å²) in [4.78, 5) is 0. The zero-order valence-corrected chi connectivity index (χ0v) is 37.8. The predicted molar refractivity (Wildman–Crippen MR) is 235 cm³/mol. The minimum atomic E-state index is -4.81. The third-order valence-electron chi connectivity index (χ3n) is 9.10. The van der Waals surface area contributed by atoms with Crippen molar-refractivity contribution in [2.75, 3.05) is 26.2 Å². The molecule has 0 spiro atoms. The van der Waals surface area contributed by atoms with Gasteiger partial charge in [0.25, 0.3) is 0 Å². The molecule has 21 heteroatoms. The smallest absolute Gasteiger partial charge is 0.330 e. The molecular weight excluding hydrogens is 959 g/mol. The standard InChI is InChI=1S/C10H9F6N.C10H15N.2C9H9F4N.C8H9Cl2N/c11-9(12,13)7-2-1-6(3-4-17)8(5-7)10(14,15)16;1-8-3-4-10(5-6-11)9(2)7-8;1-5(14)7-3-2-6(4-8(7)10)9(11,12)13;10-8-2-1-7(9(11,12)13)5-6(8)3-4-14;9-7-2-1-6(3-4-11)8(10)5-7/h1-2,5H,3-4,17H2;3-4,7H,5-6,11H2,1-2H3;2-5H,14H2,1H3;1-2,5H,3-4,14H2;1-2,5H,3-4,11H2. The van der Waals surface area contributed by atoms with E-state index in [-0.39, 0.29) is 48.7 Å². The molecule has 5 rings (SSSR count). The first-order valence-electron chi connectivity index (χ1n) is 20.0. The number of rotatable bonds is 9. The van der Waals surface area contributed by atoms with E-state index in [0.29, 0.717) is 28.7 Å². The van der Waals surface area contributed by atoms with Gasteiger partial charge in [-0.15, -0.1) is 0 Å². The Balaban J connectivity index is 0.000000422. The fourth-order valence-corrected chi connectivity index (χ4v) is 6.23. The molecule has 0 saturated heterocycles. The lowest BCUT2D eigenvalue weighted by atomic mass is 10.0. The Bertz CT molecular complexity index is 2220. The Morgan fingerprint density at radius 1 is 0.463 bits per heavy atom. The minimum absolute atomic E-state index is 0.00215. The minimum Gasteiger partial charge on any atom is -0.330 e. The predicted octanol–water partition coefficient (Wildman–Crippen LogP) is 12.7. The number of aryl methyl sites for hydroxylation is 2. The van der Waals surface area contributed by atoms with Crippen molar-refractivity contribution in [2.45, 2.75) is 77.2 Å². The van der Waals surface area contributed by atoms with Crippen molar-refractivity contribution in [2.24, 2.45) is 28.7 Å². The third-order valence-corrected chi connectivity index (χ3v) is 9.69. The molecule has 0 aliphatic heterocycles. The topological polar surface area (TPSA) is 130 Å². The number of nitrogens with two attached hydrogens (primary N) is 5. The molecule has 0 amide bonds. The molecule has 10 N–H and O–H groups in total. The van der Waals surface area contributed by atoms with Gasteiger partial charge in [-0.2, -0.15) is 52.7 Å². The van der Waals surface area contributed by atoms with Gasteiger partial charge in [-0.05, 0) is 155 Å². The van der Waals surface area contributed by atoms with Crippen LogP contribution in [0.2, 0.25) is 10.0 Å². The molecule has 0 bridgehead atoms. The van der Waals surface area contributed by atoms with Gasteiger partial charge in [0, 0.05) is 21.7 Å². The van der Waals surface area contributed by atoms with Gasteiger partial charge in [-0.1, -0.05) is 65.2 Å². The maximum absolute atomic E-state index is 13.1. The highest BCUT2D eigenvalue weighted by molar-refractivity contribution is 6.35. The van der Waals surface area contributed by atoms with Crippen LogP contribution in [0.4, 0.5) is 61.5 Å². The van der Waals surface area contributed by atoms with Crippen LogP contribution < -0.4 is 28.7 Å². The van der Waals surface area contributed by atoms with E-state index in [1.807, 2.05) is 12.1 Å². The van der Waals surface area contributed by atoms with Crippen molar-refractivity contribution >= 4 is 23.2 Å². The van der Waals surface area contributed by atoms with Crippen LogP contribution in [0.15, 0.2) is 91.0 Å². The number of hydrogen-bond donors (Lipinski definition) is 5. The largest absolute Gasteiger partial charge is 0.416 e. The molecular formula is C46H51Cl2F14N5. The zero-order valence-electron chi connectivity index (χ0n) is 36.3. The summed E-state index contributed by atoms with van der Waals surface area (Å²) in [5.74, 6) is -1.57. The lowest BCUT2D eigenvalue weighted by molar-refractivity contribution is -0.143. The lowest BCUT2D eigenvalue weighted by Gasteiger charge is -2.15. The fraction of sp³-hybridized carbons (Fsp3) is 0.348. The summed E-state index contributed by atoms with van der Waals surface area (Å²) in [6.07, 6.45) is -16.8. The van der Waals surface area contributed by atoms with E-state index in [0.717, 1.165) is 61.3 Å². The molecule has 0 aliphatic rings. The summed E-state index contributed by atoms with van der Waals surface area (Å²) >= 11 is 11.6. The molecule has 372 valence electrons. The first kappa shape index (κ1) is 60.5. The normalized spacial score (nSPS) is 12.0. The van der Waals surface area contributed by atoms with Gasteiger partial charge in [0.05, 0.1) is 22.3 Å². The van der Waals surface area contributed by atoms with Crippen molar-refractivity contribution in [1.29, 1.82) is 0 Å². The highest BCUT2D eigenvalue weighted by Gasteiger charge is 2.38. The van der Waals surface area contributed by atoms with Crippen molar-refractivity contribution in [3.05, 3.63) is 174 Å². The summed E-state index contributed by atoms with van der Waals surface area (Å²) in [5, 5.41) is 1.36. The second-order valence-electron chi connectivity index (χ2n) is 14.5. The molecule has 0 fully saturated rings. The Labute approximate surface area is 389 Å². The van der Waals surface area contributed by atoms with Gasteiger partial charge in [-0.3, -0.25) is 0 Å². The molecule has 0 aliphatic carbocycles. The number of alkyl halides is 12. The molecule has 5 aromatic rings. The molecule has 1 atom stereocenters. The second kappa shape index (κ2) is 27.5. The first-order valence-corrected chi connectivity index (χ1v) is 20.7. The number of halogens is 16. The van der Waals surface area contributed by atoms with Crippen LogP contribution in [0.5, 0.6) is 0 Å². The molecule has 67 heavy (non-hydrogen) atoms. The van der Waals surface area contributed by atoms with Crippen LogP contribution in [-0.4, -0.2) is 26.2 Å². The highest BCUT2D eigenvalue weighted by atomic mass is 35.5. The zero-order chi connectivity index (χ0) is 51.5. The summed E-state index contributed by atoms with van der Waals surface area (Å²) in [6.45, 7) is 7.17.